The molecule has 144 valence electrons. The number of esters is 1. The molecule has 0 aromatic heterocycles. The number of carbonyl (C=O) groups is 3. The Kier molecular flexibility index (Phi) is 9.23. The molecule has 0 fully saturated rings. The zero-order chi connectivity index (χ0) is 19.7. The van der Waals surface area contributed by atoms with Gasteiger partial charge in [-0.1, -0.05) is 23.2 Å². The minimum Gasteiger partial charge on any atom is -0.477 e. The molecule has 26 heavy (non-hydrogen) atoms. The highest BCUT2D eigenvalue weighted by Crippen LogP contribution is 2.28. The van der Waals surface area contributed by atoms with E-state index in [9.17, 15) is 14.4 Å². The van der Waals surface area contributed by atoms with Gasteiger partial charge >= 0.3 is 5.97 Å². The number of benzene rings is 1. The van der Waals surface area contributed by atoms with Crippen LogP contribution in [0.2, 0.25) is 10.0 Å². The number of hydrogen-bond acceptors (Lipinski definition) is 5. The molecule has 1 atom stereocenters. The molecule has 0 saturated carbocycles. The Labute approximate surface area is 162 Å². The minimum atomic E-state index is -0.972. The number of likely N-dealkylation sites (N-methyl/N-ethyl adjacent to an activating group) is 2. The van der Waals surface area contributed by atoms with Crippen LogP contribution in [-0.4, -0.2) is 55.0 Å². The zero-order valence-corrected chi connectivity index (χ0v) is 16.4. The smallest absolute Gasteiger partial charge is 0.347 e. The van der Waals surface area contributed by atoms with Crippen molar-refractivity contribution in [2.45, 2.75) is 26.9 Å². The van der Waals surface area contributed by atoms with Gasteiger partial charge < -0.3 is 19.7 Å². The second kappa shape index (κ2) is 10.9. The fourth-order valence-electron chi connectivity index (χ4n) is 1.95. The molecule has 1 aromatic carbocycles. The first-order valence-corrected chi connectivity index (χ1v) is 8.86. The molecular formula is C17H22Cl2N2O5. The first-order valence-electron chi connectivity index (χ1n) is 8.11. The maximum atomic E-state index is 12.1. The average Bonchev–Trinajstić information content (AvgIpc) is 2.59. The van der Waals surface area contributed by atoms with Crippen molar-refractivity contribution in [2.24, 2.45) is 0 Å². The molecule has 0 spiro atoms. The summed E-state index contributed by atoms with van der Waals surface area (Å²) < 4.78 is 10.4. The number of rotatable bonds is 9. The van der Waals surface area contributed by atoms with Gasteiger partial charge in [-0.05, 0) is 39.0 Å². The molecule has 0 unspecified atom stereocenters. The van der Waals surface area contributed by atoms with Crippen molar-refractivity contribution in [2.75, 3.05) is 26.2 Å². The summed E-state index contributed by atoms with van der Waals surface area (Å²) in [5.41, 5.74) is 0. The molecule has 9 heteroatoms. The topological polar surface area (TPSA) is 84.9 Å². The Morgan fingerprint density at radius 2 is 1.92 bits per heavy atom. The summed E-state index contributed by atoms with van der Waals surface area (Å²) in [7, 11) is 0. The van der Waals surface area contributed by atoms with Crippen LogP contribution in [0.5, 0.6) is 5.75 Å². The van der Waals surface area contributed by atoms with Crippen LogP contribution in [0.25, 0.3) is 0 Å². The van der Waals surface area contributed by atoms with E-state index < -0.39 is 24.6 Å². The summed E-state index contributed by atoms with van der Waals surface area (Å²) in [6, 6.07) is 4.59. The van der Waals surface area contributed by atoms with Gasteiger partial charge in [0, 0.05) is 18.1 Å². The quantitative estimate of drug-likeness (QED) is 0.638. The highest BCUT2D eigenvalue weighted by atomic mass is 35.5. The summed E-state index contributed by atoms with van der Waals surface area (Å²) in [4.78, 5) is 36.9. The van der Waals surface area contributed by atoms with Gasteiger partial charge in [0.2, 0.25) is 5.91 Å². The summed E-state index contributed by atoms with van der Waals surface area (Å²) in [5.74, 6) is -1.19. The number of carbonyl (C=O) groups excluding carboxylic acids is 3. The lowest BCUT2D eigenvalue weighted by molar-refractivity contribution is -0.157. The van der Waals surface area contributed by atoms with E-state index in [4.69, 9.17) is 32.7 Å². The van der Waals surface area contributed by atoms with E-state index in [1.165, 1.54) is 24.0 Å². The van der Waals surface area contributed by atoms with E-state index in [2.05, 4.69) is 5.32 Å². The number of halogens is 2. The summed E-state index contributed by atoms with van der Waals surface area (Å²) in [5, 5.41) is 3.30. The number of ether oxygens (including phenoxy) is 2. The van der Waals surface area contributed by atoms with E-state index in [1.54, 1.807) is 19.9 Å². The standard InChI is InChI=1S/C17H22Cl2N2O5/c1-4-20-15(22)9-21(5-2)16(23)10-25-17(24)11(3)26-14-7-6-12(18)8-13(14)19/h6-8,11H,4-5,9-10H2,1-3H3,(H,20,22)/t11-/m0/s1. The molecule has 0 bridgehead atoms. The third kappa shape index (κ3) is 7.09. The summed E-state index contributed by atoms with van der Waals surface area (Å²) in [6.07, 6.45) is -0.972. The number of nitrogens with one attached hydrogen (secondary N) is 1. The monoisotopic (exact) mass is 404 g/mol. The third-order valence-electron chi connectivity index (χ3n) is 3.31. The van der Waals surface area contributed by atoms with Gasteiger partial charge in [-0.15, -0.1) is 0 Å². The van der Waals surface area contributed by atoms with Crippen molar-refractivity contribution in [1.82, 2.24) is 10.2 Å². The van der Waals surface area contributed by atoms with Gasteiger partial charge in [-0.3, -0.25) is 9.59 Å². The molecule has 0 radical (unpaired) electrons. The van der Waals surface area contributed by atoms with Crippen molar-refractivity contribution in [3.63, 3.8) is 0 Å². The summed E-state index contributed by atoms with van der Waals surface area (Å²) in [6.45, 7) is 5.21. The first-order chi connectivity index (χ1) is 12.3. The van der Waals surface area contributed by atoms with Gasteiger partial charge in [0.15, 0.2) is 12.7 Å². The van der Waals surface area contributed by atoms with Gasteiger partial charge in [0.25, 0.3) is 5.91 Å². The number of hydrogen-bond donors (Lipinski definition) is 1. The van der Waals surface area contributed by atoms with Gasteiger partial charge in [0.05, 0.1) is 11.6 Å². The largest absolute Gasteiger partial charge is 0.477 e. The Balaban J connectivity index is 2.52. The van der Waals surface area contributed by atoms with Crippen LogP contribution in [0, 0.1) is 0 Å². The maximum Gasteiger partial charge on any atom is 0.347 e. The number of nitrogens with zero attached hydrogens (tertiary/aromatic N) is 1. The van der Waals surface area contributed by atoms with E-state index in [0.29, 0.717) is 18.1 Å². The van der Waals surface area contributed by atoms with E-state index in [0.717, 1.165) is 0 Å². The maximum absolute atomic E-state index is 12.1. The van der Waals surface area contributed by atoms with Crippen LogP contribution in [0.1, 0.15) is 20.8 Å². The molecule has 0 saturated heterocycles. The van der Waals surface area contributed by atoms with Crippen LogP contribution in [0.4, 0.5) is 0 Å². The Morgan fingerprint density at radius 3 is 2.50 bits per heavy atom. The molecule has 1 rings (SSSR count). The lowest BCUT2D eigenvalue weighted by Crippen LogP contribution is -2.42. The number of amides is 2. The van der Waals surface area contributed by atoms with Crippen molar-refractivity contribution in [3.8, 4) is 5.75 Å². The second-order valence-corrected chi connectivity index (χ2v) is 6.15. The fourth-order valence-corrected chi connectivity index (χ4v) is 2.41. The van der Waals surface area contributed by atoms with Crippen LogP contribution in [-0.2, 0) is 19.1 Å². The van der Waals surface area contributed by atoms with Crippen LogP contribution in [0.15, 0.2) is 18.2 Å². The predicted octanol–water partition coefficient (Wildman–Crippen LogP) is 2.29. The second-order valence-electron chi connectivity index (χ2n) is 5.30. The summed E-state index contributed by atoms with van der Waals surface area (Å²) >= 11 is 11.8. The Hall–Kier alpha value is -1.99. The molecular weight excluding hydrogens is 383 g/mol. The molecule has 1 N–H and O–H groups in total. The van der Waals surface area contributed by atoms with E-state index in [1.807, 2.05) is 0 Å². The Bertz CT molecular complexity index is 654. The lowest BCUT2D eigenvalue weighted by atomic mass is 10.3. The normalized spacial score (nSPS) is 11.4. The SMILES string of the molecule is CCNC(=O)CN(CC)C(=O)COC(=O)[C@H](C)Oc1ccc(Cl)cc1Cl. The van der Waals surface area contributed by atoms with Gasteiger partial charge in [-0.25, -0.2) is 4.79 Å². The molecule has 0 aliphatic carbocycles. The molecule has 0 aliphatic heterocycles. The van der Waals surface area contributed by atoms with Gasteiger partial charge in [0.1, 0.15) is 5.75 Å². The van der Waals surface area contributed by atoms with E-state index in [-0.39, 0.29) is 23.2 Å². The van der Waals surface area contributed by atoms with Crippen molar-refractivity contribution < 1.29 is 23.9 Å². The zero-order valence-electron chi connectivity index (χ0n) is 14.9. The highest BCUT2D eigenvalue weighted by Gasteiger charge is 2.21. The van der Waals surface area contributed by atoms with Crippen LogP contribution in [0.3, 0.4) is 0 Å². The van der Waals surface area contributed by atoms with E-state index >= 15 is 0 Å². The minimum absolute atomic E-state index is 0.0901. The van der Waals surface area contributed by atoms with Gasteiger partial charge in [-0.2, -0.15) is 0 Å². The van der Waals surface area contributed by atoms with Crippen LogP contribution < -0.4 is 10.1 Å². The first kappa shape index (κ1) is 22.1. The molecule has 2 amide bonds. The average molecular weight is 405 g/mol. The fraction of sp³-hybridized carbons (Fsp3) is 0.471. The molecule has 7 nitrogen and oxygen atoms in total. The Morgan fingerprint density at radius 1 is 1.23 bits per heavy atom. The molecule has 1 aromatic rings. The van der Waals surface area contributed by atoms with Crippen molar-refractivity contribution in [1.29, 1.82) is 0 Å². The highest BCUT2D eigenvalue weighted by molar-refractivity contribution is 6.35. The molecule has 0 aliphatic rings. The van der Waals surface area contributed by atoms with Crippen molar-refractivity contribution in [3.05, 3.63) is 28.2 Å². The van der Waals surface area contributed by atoms with Crippen molar-refractivity contribution >= 4 is 41.0 Å². The predicted molar refractivity (Wildman–Crippen MR) is 98.4 cm³/mol. The molecule has 0 heterocycles. The lowest BCUT2D eigenvalue weighted by Gasteiger charge is -2.21. The third-order valence-corrected chi connectivity index (χ3v) is 3.84. The van der Waals surface area contributed by atoms with Crippen LogP contribution >= 0.6 is 23.2 Å².